The first-order valence-electron chi connectivity index (χ1n) is 9.12. The fraction of sp³-hybridized carbons (Fsp3) is 0.722. The molecular weight excluding hydrogens is 338 g/mol. The van der Waals surface area contributed by atoms with Crippen molar-refractivity contribution in [2.45, 2.75) is 77.2 Å². The lowest BCUT2D eigenvalue weighted by atomic mass is 10.0. The smallest absolute Gasteiger partial charge is 0.268 e. The van der Waals surface area contributed by atoms with Gasteiger partial charge < -0.3 is 10.3 Å². The number of sulfonamides is 1. The lowest BCUT2D eigenvalue weighted by Crippen LogP contribution is -2.43. The molecule has 1 amide bonds. The molecule has 1 aromatic heterocycles. The summed E-state index contributed by atoms with van der Waals surface area (Å²) in [5.74, 6) is -0.259. The zero-order valence-electron chi connectivity index (χ0n) is 16.0. The van der Waals surface area contributed by atoms with E-state index in [9.17, 15) is 13.2 Å². The number of hydrogen-bond donors (Lipinski definition) is 2. The number of amides is 1. The van der Waals surface area contributed by atoms with Crippen LogP contribution in [0.1, 0.15) is 74.6 Å². The van der Waals surface area contributed by atoms with Gasteiger partial charge in [0.15, 0.2) is 0 Å². The van der Waals surface area contributed by atoms with Crippen molar-refractivity contribution in [3.8, 4) is 0 Å². The van der Waals surface area contributed by atoms with Gasteiger partial charge in [-0.15, -0.1) is 0 Å². The summed E-state index contributed by atoms with van der Waals surface area (Å²) in [6.45, 7) is 10.4. The molecule has 7 heteroatoms. The Balaban J connectivity index is 2.37. The van der Waals surface area contributed by atoms with E-state index < -0.39 is 10.0 Å². The van der Waals surface area contributed by atoms with E-state index in [1.165, 1.54) is 0 Å². The van der Waals surface area contributed by atoms with Gasteiger partial charge in [-0.25, -0.2) is 8.42 Å². The summed E-state index contributed by atoms with van der Waals surface area (Å²) >= 11 is 0. The molecule has 0 atom stereocenters. The molecule has 6 nitrogen and oxygen atoms in total. The van der Waals surface area contributed by atoms with E-state index in [0.29, 0.717) is 30.0 Å². The van der Waals surface area contributed by atoms with E-state index in [4.69, 9.17) is 0 Å². The summed E-state index contributed by atoms with van der Waals surface area (Å²) < 4.78 is 27.8. The molecule has 0 bridgehead atoms. The molecule has 0 aromatic carbocycles. The Bertz CT molecular complexity index is 727. The maximum atomic E-state index is 13.1. The van der Waals surface area contributed by atoms with Gasteiger partial charge in [0.1, 0.15) is 10.6 Å². The zero-order valence-corrected chi connectivity index (χ0v) is 16.8. The lowest BCUT2D eigenvalue weighted by Gasteiger charge is -2.24. The Morgan fingerprint density at radius 1 is 1.16 bits per heavy atom. The van der Waals surface area contributed by atoms with Crippen LogP contribution in [-0.4, -0.2) is 42.2 Å². The summed E-state index contributed by atoms with van der Waals surface area (Å²) in [4.78, 5) is 15.9. The summed E-state index contributed by atoms with van der Waals surface area (Å²) in [5.41, 5.74) is 1.03. The number of aryl methyl sites for hydroxylation is 1. The second-order valence-electron chi connectivity index (χ2n) is 7.59. The van der Waals surface area contributed by atoms with Gasteiger partial charge in [0, 0.05) is 24.3 Å². The molecule has 0 unspecified atom stereocenters. The predicted molar refractivity (Wildman–Crippen MR) is 99.3 cm³/mol. The Hall–Kier alpha value is -1.34. The maximum absolute atomic E-state index is 13.1. The summed E-state index contributed by atoms with van der Waals surface area (Å²) in [6.07, 6.45) is 4.70. The third-order valence-electron chi connectivity index (χ3n) is 5.09. The minimum atomic E-state index is -3.59. The fourth-order valence-electron chi connectivity index (χ4n) is 3.22. The van der Waals surface area contributed by atoms with E-state index in [2.05, 4.69) is 10.3 Å². The monoisotopic (exact) mass is 369 g/mol. The third-order valence-corrected chi connectivity index (χ3v) is 7.27. The van der Waals surface area contributed by atoms with Crippen LogP contribution >= 0.6 is 0 Å². The van der Waals surface area contributed by atoms with Crippen LogP contribution in [0, 0.1) is 13.8 Å². The van der Waals surface area contributed by atoms with Crippen LogP contribution in [-0.2, 0) is 10.0 Å². The van der Waals surface area contributed by atoms with Crippen molar-refractivity contribution in [1.82, 2.24) is 14.6 Å². The highest BCUT2D eigenvalue weighted by Gasteiger charge is 2.32. The normalized spacial score (nSPS) is 17.3. The van der Waals surface area contributed by atoms with Crippen LogP contribution in [0.3, 0.4) is 0 Å². The van der Waals surface area contributed by atoms with E-state index in [1.54, 1.807) is 18.2 Å². The second kappa shape index (κ2) is 7.50. The van der Waals surface area contributed by atoms with Crippen LogP contribution in [0.2, 0.25) is 0 Å². The SMILES string of the molecule is CCC(C)(C)NC(=O)c1[nH]c(C)c(S(=O)(=O)N2CCCCCC2)c1C. The molecule has 1 aromatic rings. The van der Waals surface area contributed by atoms with Crippen LogP contribution in [0.5, 0.6) is 0 Å². The van der Waals surface area contributed by atoms with Gasteiger partial charge in [0.2, 0.25) is 10.0 Å². The number of rotatable bonds is 5. The number of hydrogen-bond acceptors (Lipinski definition) is 3. The van der Waals surface area contributed by atoms with Crippen molar-refractivity contribution in [1.29, 1.82) is 0 Å². The average Bonchev–Trinajstić information content (AvgIpc) is 2.71. The number of aromatic amines is 1. The van der Waals surface area contributed by atoms with E-state index in [1.807, 2.05) is 20.8 Å². The number of aromatic nitrogens is 1. The number of carbonyl (C=O) groups is 1. The molecule has 2 N–H and O–H groups in total. The molecule has 2 rings (SSSR count). The molecule has 0 radical (unpaired) electrons. The molecule has 142 valence electrons. The number of nitrogens with one attached hydrogen (secondary N) is 2. The van der Waals surface area contributed by atoms with Gasteiger partial charge >= 0.3 is 0 Å². The molecule has 1 aliphatic rings. The van der Waals surface area contributed by atoms with Crippen molar-refractivity contribution in [3.05, 3.63) is 17.0 Å². The summed E-state index contributed by atoms with van der Waals surface area (Å²) in [7, 11) is -3.59. The van der Waals surface area contributed by atoms with Gasteiger partial charge in [-0.05, 0) is 52.5 Å². The lowest BCUT2D eigenvalue weighted by molar-refractivity contribution is 0.0906. The van der Waals surface area contributed by atoms with Gasteiger partial charge in [-0.2, -0.15) is 4.31 Å². The second-order valence-corrected chi connectivity index (χ2v) is 9.46. The van der Waals surface area contributed by atoms with Crippen LogP contribution in [0.15, 0.2) is 4.90 Å². The maximum Gasteiger partial charge on any atom is 0.268 e. The van der Waals surface area contributed by atoms with Gasteiger partial charge in [0.25, 0.3) is 5.91 Å². The molecule has 25 heavy (non-hydrogen) atoms. The summed E-state index contributed by atoms with van der Waals surface area (Å²) in [5, 5.41) is 2.97. The van der Waals surface area contributed by atoms with Crippen molar-refractivity contribution in [2.24, 2.45) is 0 Å². The van der Waals surface area contributed by atoms with E-state index in [0.717, 1.165) is 32.1 Å². The van der Waals surface area contributed by atoms with E-state index in [-0.39, 0.29) is 16.3 Å². The number of H-pyrrole nitrogens is 1. The minimum Gasteiger partial charge on any atom is -0.353 e. The minimum absolute atomic E-state index is 0.258. The quantitative estimate of drug-likeness (QED) is 0.836. The van der Waals surface area contributed by atoms with Crippen molar-refractivity contribution >= 4 is 15.9 Å². The number of nitrogens with zero attached hydrogens (tertiary/aromatic N) is 1. The van der Waals surface area contributed by atoms with Crippen molar-refractivity contribution in [2.75, 3.05) is 13.1 Å². The molecule has 0 saturated carbocycles. The van der Waals surface area contributed by atoms with Gasteiger partial charge in [-0.3, -0.25) is 4.79 Å². The predicted octanol–water partition coefficient (Wildman–Crippen LogP) is 3.11. The van der Waals surface area contributed by atoms with E-state index >= 15 is 0 Å². The standard InChI is InChI=1S/C18H31N3O3S/c1-6-18(4,5)20-17(22)15-13(2)16(14(3)19-15)25(23,24)21-11-9-7-8-10-12-21/h19H,6-12H2,1-5H3,(H,20,22). The number of carbonyl (C=O) groups excluding carboxylic acids is 1. The van der Waals surface area contributed by atoms with Crippen LogP contribution in [0.25, 0.3) is 0 Å². The Morgan fingerprint density at radius 2 is 1.72 bits per heavy atom. The highest BCUT2D eigenvalue weighted by Crippen LogP contribution is 2.28. The van der Waals surface area contributed by atoms with Crippen LogP contribution < -0.4 is 5.32 Å². The Kier molecular flexibility index (Phi) is 5.99. The zero-order chi connectivity index (χ0) is 18.8. The summed E-state index contributed by atoms with van der Waals surface area (Å²) in [6, 6.07) is 0. The Morgan fingerprint density at radius 3 is 2.24 bits per heavy atom. The third kappa shape index (κ3) is 4.26. The van der Waals surface area contributed by atoms with Crippen LogP contribution in [0.4, 0.5) is 0 Å². The molecule has 1 fully saturated rings. The topological polar surface area (TPSA) is 82.3 Å². The molecule has 0 aliphatic carbocycles. The highest BCUT2D eigenvalue weighted by molar-refractivity contribution is 7.89. The Labute approximate surface area is 151 Å². The van der Waals surface area contributed by atoms with Gasteiger partial charge in [0.05, 0.1) is 0 Å². The average molecular weight is 370 g/mol. The van der Waals surface area contributed by atoms with Gasteiger partial charge in [-0.1, -0.05) is 19.8 Å². The van der Waals surface area contributed by atoms with Crippen molar-refractivity contribution in [3.63, 3.8) is 0 Å². The molecule has 0 spiro atoms. The first-order valence-corrected chi connectivity index (χ1v) is 10.6. The first kappa shape index (κ1) is 20.0. The molecule has 1 aliphatic heterocycles. The largest absolute Gasteiger partial charge is 0.353 e. The fourth-order valence-corrected chi connectivity index (χ4v) is 5.14. The highest BCUT2D eigenvalue weighted by atomic mass is 32.2. The molecule has 1 saturated heterocycles. The van der Waals surface area contributed by atoms with Crippen molar-refractivity contribution < 1.29 is 13.2 Å². The first-order chi connectivity index (χ1) is 11.6. The molecular formula is C18H31N3O3S. The molecule has 2 heterocycles.